The summed E-state index contributed by atoms with van der Waals surface area (Å²) in [7, 11) is 0. The molecule has 3 heteroatoms. The predicted octanol–water partition coefficient (Wildman–Crippen LogP) is 5.48. The van der Waals surface area contributed by atoms with Crippen molar-refractivity contribution < 1.29 is 19.5 Å². The molecule has 1 radical (unpaired) electrons. The Balaban J connectivity index is 0.000000397. The smallest absolute Gasteiger partial charge is 0.468 e. The van der Waals surface area contributed by atoms with E-state index in [0.29, 0.717) is 17.3 Å². The molecular formula is C19H33N2Ru. The molecule has 0 atom stereocenters. The molecule has 0 aliphatic carbocycles. The third-order valence-electron chi connectivity index (χ3n) is 4.87. The number of hydrogen-bond donors (Lipinski definition) is 0. The van der Waals surface area contributed by atoms with Crippen molar-refractivity contribution in [3.8, 4) is 0 Å². The molecule has 2 aliphatic heterocycles. The Hall–Kier alpha value is -0.297. The van der Waals surface area contributed by atoms with Crippen molar-refractivity contribution in [3.05, 3.63) is 11.8 Å². The minimum absolute atomic E-state index is 0. The number of aliphatic imine (C=N–C) groups is 2. The Labute approximate surface area is 150 Å². The molecule has 0 aromatic heterocycles. The van der Waals surface area contributed by atoms with Gasteiger partial charge in [-0.1, -0.05) is 48.5 Å². The van der Waals surface area contributed by atoms with Gasteiger partial charge in [-0.2, -0.15) is 0 Å². The van der Waals surface area contributed by atoms with Gasteiger partial charge in [0.25, 0.3) is 0 Å². The van der Waals surface area contributed by atoms with Gasteiger partial charge in [0.1, 0.15) is 0 Å². The molecule has 0 aromatic rings. The summed E-state index contributed by atoms with van der Waals surface area (Å²) in [5.74, 6) is 1.21. The number of nitrogens with zero attached hydrogens (tertiary/aromatic N) is 2. The average molecular weight is 391 g/mol. The number of rotatable bonds is 2. The summed E-state index contributed by atoms with van der Waals surface area (Å²) in [5.41, 5.74) is 4.19. The van der Waals surface area contributed by atoms with Crippen molar-refractivity contribution in [2.24, 2.45) is 27.2 Å². The molecule has 0 fully saturated rings. The maximum absolute atomic E-state index is 4.79. The van der Waals surface area contributed by atoms with Crippen molar-refractivity contribution in [2.45, 2.75) is 80.7 Å². The zero-order chi connectivity index (χ0) is 16.4. The van der Waals surface area contributed by atoms with Crippen LogP contribution in [0.5, 0.6) is 0 Å². The van der Waals surface area contributed by atoms with Crippen LogP contribution in [0, 0.1) is 23.3 Å². The fraction of sp³-hybridized carbons (Fsp3) is 0.789. The van der Waals surface area contributed by atoms with Crippen LogP contribution in [0.1, 0.15) is 75.2 Å². The van der Waals surface area contributed by atoms with E-state index < -0.39 is 0 Å². The third kappa shape index (κ3) is 5.41. The molecule has 0 N–H and O–H groups in total. The first-order valence-corrected chi connectivity index (χ1v) is 8.20. The first-order chi connectivity index (χ1) is 9.46. The number of hydrogen-bond acceptors (Lipinski definition) is 2. The molecule has 0 aromatic carbocycles. The molecule has 2 nitrogen and oxygen atoms in total. The van der Waals surface area contributed by atoms with Gasteiger partial charge in [0.05, 0.1) is 5.54 Å². The topological polar surface area (TPSA) is 24.7 Å². The van der Waals surface area contributed by atoms with Crippen LogP contribution in [0.25, 0.3) is 0 Å². The second-order valence-corrected chi connectivity index (χ2v) is 8.07. The van der Waals surface area contributed by atoms with E-state index in [1.54, 1.807) is 0 Å². The summed E-state index contributed by atoms with van der Waals surface area (Å²) >= 11 is 0. The molecule has 2 rings (SSSR count). The van der Waals surface area contributed by atoms with Crippen molar-refractivity contribution in [3.63, 3.8) is 0 Å². The van der Waals surface area contributed by atoms with Crippen molar-refractivity contribution >= 4 is 11.4 Å². The van der Waals surface area contributed by atoms with Crippen LogP contribution in [0.3, 0.4) is 0 Å². The number of allylic oxidation sites excluding steroid dienone is 2. The van der Waals surface area contributed by atoms with E-state index in [-0.39, 0.29) is 25.0 Å². The van der Waals surface area contributed by atoms with E-state index >= 15 is 0 Å². The maximum atomic E-state index is 4.79. The molecule has 0 unspecified atom stereocenters. The minimum Gasteiger partial charge on any atom is -0.468 e. The van der Waals surface area contributed by atoms with E-state index in [1.165, 1.54) is 11.4 Å². The summed E-state index contributed by atoms with van der Waals surface area (Å²) in [4.78, 5) is 9.10. The Morgan fingerprint density at radius 3 is 1.64 bits per heavy atom. The van der Waals surface area contributed by atoms with Gasteiger partial charge in [-0.15, -0.1) is 12.1 Å². The Kier molecular flexibility index (Phi) is 7.89. The summed E-state index contributed by atoms with van der Waals surface area (Å²) in [6.45, 7) is 19.9. The fourth-order valence-corrected chi connectivity index (χ4v) is 2.40. The van der Waals surface area contributed by atoms with E-state index in [1.807, 2.05) is 6.92 Å². The molecule has 127 valence electrons. The Morgan fingerprint density at radius 2 is 1.45 bits per heavy atom. The summed E-state index contributed by atoms with van der Waals surface area (Å²) in [6, 6.07) is 0. The van der Waals surface area contributed by atoms with E-state index in [0.717, 1.165) is 18.5 Å². The van der Waals surface area contributed by atoms with Gasteiger partial charge >= 0.3 is 19.5 Å². The third-order valence-corrected chi connectivity index (χ3v) is 4.87. The van der Waals surface area contributed by atoms with Crippen LogP contribution in [-0.2, 0) is 19.5 Å². The zero-order valence-electron chi connectivity index (χ0n) is 15.8. The molecule has 2 heterocycles. The standard InChI is InChI=1S/C11H21N.C8H12N.Ru/c1-8(2)9-7-10(3,4)11(5,6)12-9;1-6(2)8-5-4-7(3)9-8;/h8H,7H2,1-6H3;6H,5H2,1-3H3;/q;-1;+1. The fourth-order valence-electron chi connectivity index (χ4n) is 2.40. The summed E-state index contributed by atoms with van der Waals surface area (Å²) in [6.07, 6.45) is 5.28. The monoisotopic (exact) mass is 391 g/mol. The molecule has 0 bridgehead atoms. The summed E-state index contributed by atoms with van der Waals surface area (Å²) in [5, 5.41) is 0. The normalized spacial score (nSPS) is 21.7. The molecule has 0 saturated carbocycles. The van der Waals surface area contributed by atoms with Gasteiger partial charge in [-0.3, -0.25) is 4.99 Å². The molecule has 0 saturated heterocycles. The quantitative estimate of drug-likeness (QED) is 0.440. The van der Waals surface area contributed by atoms with Crippen LogP contribution in [0.2, 0.25) is 0 Å². The summed E-state index contributed by atoms with van der Waals surface area (Å²) < 4.78 is 0. The SMILES string of the molecule is CC(C)C1=NC(C)(C)C(C)(C)C1.CC1=[C-]CC(C(C)C)=N1.[Ru+]. The minimum atomic E-state index is 0. The van der Waals surface area contributed by atoms with Gasteiger partial charge in [0.2, 0.25) is 0 Å². The van der Waals surface area contributed by atoms with Gasteiger partial charge in [-0.05, 0) is 43.2 Å². The van der Waals surface area contributed by atoms with Crippen LogP contribution < -0.4 is 0 Å². The van der Waals surface area contributed by atoms with Gasteiger partial charge in [-0.25, -0.2) is 0 Å². The van der Waals surface area contributed by atoms with Crippen molar-refractivity contribution in [2.75, 3.05) is 0 Å². The second-order valence-electron chi connectivity index (χ2n) is 8.07. The first kappa shape index (κ1) is 21.7. The van der Waals surface area contributed by atoms with E-state index in [9.17, 15) is 0 Å². The van der Waals surface area contributed by atoms with Crippen LogP contribution in [0.15, 0.2) is 15.7 Å². The average Bonchev–Trinajstić information content (AvgIpc) is 2.83. The largest absolute Gasteiger partial charge is 1.00 e. The molecular weight excluding hydrogens is 357 g/mol. The molecule has 0 spiro atoms. The maximum Gasteiger partial charge on any atom is 1.00 e. The van der Waals surface area contributed by atoms with Crippen LogP contribution in [-0.4, -0.2) is 17.0 Å². The molecule has 0 amide bonds. The Morgan fingerprint density at radius 1 is 0.955 bits per heavy atom. The first-order valence-electron chi connectivity index (χ1n) is 8.20. The second kappa shape index (κ2) is 8.00. The Bertz CT molecular complexity index is 466. The zero-order valence-corrected chi connectivity index (χ0v) is 17.6. The van der Waals surface area contributed by atoms with E-state index in [2.05, 4.69) is 66.5 Å². The van der Waals surface area contributed by atoms with Crippen molar-refractivity contribution in [1.29, 1.82) is 0 Å². The van der Waals surface area contributed by atoms with Gasteiger partial charge in [0, 0.05) is 5.71 Å². The van der Waals surface area contributed by atoms with Crippen LogP contribution >= 0.6 is 0 Å². The van der Waals surface area contributed by atoms with E-state index in [4.69, 9.17) is 4.99 Å². The van der Waals surface area contributed by atoms with Gasteiger partial charge in [0.15, 0.2) is 0 Å². The molecule has 22 heavy (non-hydrogen) atoms. The van der Waals surface area contributed by atoms with Crippen LogP contribution in [0.4, 0.5) is 0 Å². The predicted molar refractivity (Wildman–Crippen MR) is 94.1 cm³/mol. The molecule has 2 aliphatic rings. The van der Waals surface area contributed by atoms with Gasteiger partial charge < -0.3 is 11.1 Å². The van der Waals surface area contributed by atoms with Crippen molar-refractivity contribution in [1.82, 2.24) is 0 Å².